The molecule has 0 saturated carbocycles. The molecule has 1 heterocycles. The van der Waals surface area contributed by atoms with Crippen molar-refractivity contribution in [3.8, 4) is 5.75 Å². The molecule has 0 fully saturated rings. The Kier molecular flexibility index (Phi) is 7.14. The van der Waals surface area contributed by atoms with Gasteiger partial charge in [-0.15, -0.1) is 0 Å². The van der Waals surface area contributed by atoms with Crippen LogP contribution in [0.25, 0.3) is 0 Å². The topological polar surface area (TPSA) is 112 Å². The summed E-state index contributed by atoms with van der Waals surface area (Å²) in [6.07, 6.45) is 0.533. The highest BCUT2D eigenvalue weighted by Gasteiger charge is 2.20. The van der Waals surface area contributed by atoms with Crippen molar-refractivity contribution in [3.63, 3.8) is 0 Å². The van der Waals surface area contributed by atoms with Crippen LogP contribution in [0, 0.1) is 0 Å². The Balaban J connectivity index is 1.85. The third-order valence-corrected chi connectivity index (χ3v) is 3.83. The first-order valence-electron chi connectivity index (χ1n) is 8.78. The average molecular weight is 388 g/mol. The number of aromatic nitrogens is 2. The summed E-state index contributed by atoms with van der Waals surface area (Å²) in [4.78, 5) is 36.4. The quantitative estimate of drug-likeness (QED) is 0.667. The summed E-state index contributed by atoms with van der Waals surface area (Å²) in [5.74, 6) is -0.808. The van der Waals surface area contributed by atoms with Gasteiger partial charge in [0.15, 0.2) is 6.10 Å². The highest BCUT2D eigenvalue weighted by atomic mass is 16.5. The van der Waals surface area contributed by atoms with E-state index in [1.165, 1.54) is 14.0 Å². The zero-order valence-electron chi connectivity index (χ0n) is 16.3. The van der Waals surface area contributed by atoms with Crippen molar-refractivity contribution in [1.29, 1.82) is 0 Å². The molecule has 0 aliphatic rings. The van der Waals surface area contributed by atoms with Crippen molar-refractivity contribution in [1.82, 2.24) is 15.1 Å². The van der Waals surface area contributed by atoms with Gasteiger partial charge >= 0.3 is 5.97 Å². The molecule has 1 aromatic carbocycles. The summed E-state index contributed by atoms with van der Waals surface area (Å²) >= 11 is 0. The minimum Gasteiger partial charge on any atom is -0.496 e. The Morgan fingerprint density at radius 3 is 2.54 bits per heavy atom. The molecule has 0 spiro atoms. The molecule has 0 bridgehead atoms. The predicted molar refractivity (Wildman–Crippen MR) is 102 cm³/mol. The van der Waals surface area contributed by atoms with E-state index >= 15 is 0 Å². The first kappa shape index (κ1) is 20.9. The predicted octanol–water partition coefficient (Wildman–Crippen LogP) is 1.77. The summed E-state index contributed by atoms with van der Waals surface area (Å²) in [6.45, 7) is 4.93. The molecule has 2 aromatic rings. The van der Waals surface area contributed by atoms with Crippen LogP contribution in [0.15, 0.2) is 36.5 Å². The second kappa shape index (κ2) is 9.54. The zero-order valence-corrected chi connectivity index (χ0v) is 16.3. The fourth-order valence-corrected chi connectivity index (χ4v) is 2.42. The maximum Gasteiger partial charge on any atom is 0.326 e. The van der Waals surface area contributed by atoms with Crippen LogP contribution < -0.4 is 15.4 Å². The van der Waals surface area contributed by atoms with Gasteiger partial charge in [0.25, 0.3) is 11.8 Å². The minimum atomic E-state index is -1.04. The zero-order chi connectivity index (χ0) is 20.7. The number of nitrogens with one attached hydrogen (secondary N) is 2. The molecule has 0 aliphatic carbocycles. The third-order valence-electron chi connectivity index (χ3n) is 3.83. The lowest BCUT2D eigenvalue weighted by molar-refractivity contribution is -0.152. The lowest BCUT2D eigenvalue weighted by Gasteiger charge is -2.16. The molecule has 2 N–H and O–H groups in total. The van der Waals surface area contributed by atoms with Crippen LogP contribution >= 0.6 is 0 Å². The first-order chi connectivity index (χ1) is 13.3. The van der Waals surface area contributed by atoms with Crippen molar-refractivity contribution in [2.24, 2.45) is 0 Å². The molecule has 28 heavy (non-hydrogen) atoms. The third kappa shape index (κ3) is 5.32. The number of hydrogen-bond donors (Lipinski definition) is 2. The molecule has 0 saturated heterocycles. The monoisotopic (exact) mass is 388 g/mol. The van der Waals surface area contributed by atoms with E-state index < -0.39 is 23.9 Å². The van der Waals surface area contributed by atoms with Crippen molar-refractivity contribution in [3.05, 3.63) is 42.1 Å². The largest absolute Gasteiger partial charge is 0.496 e. The van der Waals surface area contributed by atoms with Crippen molar-refractivity contribution in [2.75, 3.05) is 19.0 Å². The Morgan fingerprint density at radius 1 is 1.14 bits per heavy atom. The molecule has 1 aromatic heterocycles. The van der Waals surface area contributed by atoms with E-state index in [1.807, 2.05) is 13.8 Å². The van der Waals surface area contributed by atoms with Crippen LogP contribution in [0.5, 0.6) is 5.75 Å². The van der Waals surface area contributed by atoms with E-state index in [0.717, 1.165) is 0 Å². The molecule has 0 aliphatic heterocycles. The standard InChI is InChI=1S/C19H24N4O5/c1-12(2)23-16(9-10-21-23)22-18(25)13(3)28-17(24)11-20-19(26)14-7-5-6-8-15(14)27-4/h5-10,12-13H,11H2,1-4H3,(H,20,26)(H,22,25)/t13-/m1/s1. The van der Waals surface area contributed by atoms with Gasteiger partial charge in [-0.1, -0.05) is 12.1 Å². The number of nitrogens with zero attached hydrogens (tertiary/aromatic N) is 2. The molecular weight excluding hydrogens is 364 g/mol. The van der Waals surface area contributed by atoms with Gasteiger partial charge in [-0.25, -0.2) is 4.68 Å². The van der Waals surface area contributed by atoms with E-state index in [9.17, 15) is 14.4 Å². The number of rotatable bonds is 8. The minimum absolute atomic E-state index is 0.0633. The summed E-state index contributed by atoms with van der Waals surface area (Å²) < 4.78 is 11.8. The van der Waals surface area contributed by atoms with E-state index in [-0.39, 0.29) is 12.6 Å². The van der Waals surface area contributed by atoms with E-state index in [4.69, 9.17) is 9.47 Å². The molecule has 150 valence electrons. The van der Waals surface area contributed by atoms with Crippen LogP contribution in [0.3, 0.4) is 0 Å². The van der Waals surface area contributed by atoms with Crippen LogP contribution in [0.1, 0.15) is 37.2 Å². The number of methoxy groups -OCH3 is 1. The Labute approximate surface area is 163 Å². The number of esters is 1. The van der Waals surface area contributed by atoms with Gasteiger partial charge in [-0.3, -0.25) is 14.4 Å². The number of para-hydroxylation sites is 1. The van der Waals surface area contributed by atoms with E-state index in [0.29, 0.717) is 17.1 Å². The average Bonchev–Trinajstić information content (AvgIpc) is 3.14. The summed E-state index contributed by atoms with van der Waals surface area (Å²) in [6, 6.07) is 8.35. The molecule has 9 heteroatoms. The highest BCUT2D eigenvalue weighted by molar-refractivity contribution is 5.99. The summed E-state index contributed by atoms with van der Waals surface area (Å²) in [5.41, 5.74) is 0.297. The lowest BCUT2D eigenvalue weighted by atomic mass is 10.2. The number of ether oxygens (including phenoxy) is 2. The van der Waals surface area contributed by atoms with E-state index in [1.54, 1.807) is 41.2 Å². The fraction of sp³-hybridized carbons (Fsp3) is 0.368. The summed E-state index contributed by atoms with van der Waals surface area (Å²) in [5, 5.41) is 9.23. The van der Waals surface area contributed by atoms with Crippen LogP contribution in [0.4, 0.5) is 5.82 Å². The SMILES string of the molecule is COc1ccccc1C(=O)NCC(=O)O[C@H](C)C(=O)Nc1ccnn1C(C)C. The Hall–Kier alpha value is -3.36. The van der Waals surface area contributed by atoms with Gasteiger partial charge in [0.1, 0.15) is 18.1 Å². The number of anilines is 1. The Morgan fingerprint density at radius 2 is 1.86 bits per heavy atom. The number of carbonyl (C=O) groups is 3. The van der Waals surface area contributed by atoms with Gasteiger partial charge in [-0.05, 0) is 32.9 Å². The molecule has 0 radical (unpaired) electrons. The number of carbonyl (C=O) groups excluding carboxylic acids is 3. The van der Waals surface area contributed by atoms with Gasteiger partial charge < -0.3 is 20.1 Å². The second-order valence-electron chi connectivity index (χ2n) is 6.26. The Bertz CT molecular complexity index is 846. The molecule has 2 amide bonds. The van der Waals surface area contributed by atoms with Crippen LogP contribution in [-0.4, -0.2) is 47.3 Å². The molecular formula is C19H24N4O5. The number of hydrogen-bond acceptors (Lipinski definition) is 6. The van der Waals surface area contributed by atoms with E-state index in [2.05, 4.69) is 15.7 Å². The summed E-state index contributed by atoms with van der Waals surface area (Å²) in [7, 11) is 1.45. The van der Waals surface area contributed by atoms with Gasteiger partial charge in [-0.2, -0.15) is 5.10 Å². The van der Waals surface area contributed by atoms with Crippen molar-refractivity contribution < 1.29 is 23.9 Å². The molecule has 9 nitrogen and oxygen atoms in total. The number of benzene rings is 1. The number of amides is 2. The lowest BCUT2D eigenvalue weighted by Crippen LogP contribution is -2.36. The maximum atomic E-state index is 12.2. The fourth-order valence-electron chi connectivity index (χ4n) is 2.42. The van der Waals surface area contributed by atoms with Crippen molar-refractivity contribution >= 4 is 23.6 Å². The normalized spacial score (nSPS) is 11.6. The van der Waals surface area contributed by atoms with Gasteiger partial charge in [0, 0.05) is 12.1 Å². The van der Waals surface area contributed by atoms with Crippen LogP contribution in [-0.2, 0) is 14.3 Å². The first-order valence-corrected chi connectivity index (χ1v) is 8.78. The van der Waals surface area contributed by atoms with Gasteiger partial charge in [0.05, 0.1) is 18.9 Å². The highest BCUT2D eigenvalue weighted by Crippen LogP contribution is 2.17. The maximum absolute atomic E-state index is 12.2. The van der Waals surface area contributed by atoms with Crippen LogP contribution in [0.2, 0.25) is 0 Å². The second-order valence-corrected chi connectivity index (χ2v) is 6.26. The molecule has 0 unspecified atom stereocenters. The molecule has 2 rings (SSSR count). The van der Waals surface area contributed by atoms with Crippen molar-refractivity contribution in [2.45, 2.75) is 32.9 Å². The smallest absolute Gasteiger partial charge is 0.326 e. The molecule has 1 atom stereocenters. The van der Waals surface area contributed by atoms with Gasteiger partial charge in [0.2, 0.25) is 0 Å².